The minimum atomic E-state index is -4.38. The van der Waals surface area contributed by atoms with E-state index in [9.17, 15) is 4.57 Å². The van der Waals surface area contributed by atoms with Crippen molar-refractivity contribution in [2.24, 2.45) is 0 Å². The molecule has 10 heteroatoms. The molecule has 3 aromatic heterocycles. The quantitative estimate of drug-likeness (QED) is 0.524. The van der Waals surface area contributed by atoms with Gasteiger partial charge in [0.05, 0.1) is 5.69 Å². The van der Waals surface area contributed by atoms with E-state index in [1.54, 1.807) is 18.2 Å². The van der Waals surface area contributed by atoms with Crippen LogP contribution in [0, 0.1) is 0 Å². The van der Waals surface area contributed by atoms with Crippen LogP contribution < -0.4 is 5.44 Å². The lowest BCUT2D eigenvalue weighted by atomic mass is 10.3. The third kappa shape index (κ3) is 1.70. The van der Waals surface area contributed by atoms with Crippen LogP contribution in [0.1, 0.15) is 0 Å². The van der Waals surface area contributed by atoms with E-state index < -0.39 is 7.60 Å². The van der Waals surface area contributed by atoms with Gasteiger partial charge in [-0.2, -0.15) is 5.21 Å². The molecule has 0 atom stereocenters. The monoisotopic (exact) mass is 266 g/mol. The van der Waals surface area contributed by atoms with E-state index in [2.05, 4.69) is 25.6 Å². The Bertz CT molecular complexity index is 745. The van der Waals surface area contributed by atoms with Crippen molar-refractivity contribution in [3.8, 4) is 11.5 Å². The number of aromatic nitrogens is 6. The van der Waals surface area contributed by atoms with Crippen molar-refractivity contribution >= 4 is 18.7 Å². The molecule has 92 valence electrons. The van der Waals surface area contributed by atoms with Gasteiger partial charge in [0, 0.05) is 6.20 Å². The van der Waals surface area contributed by atoms with E-state index in [4.69, 9.17) is 9.79 Å². The first-order chi connectivity index (χ1) is 8.55. The summed E-state index contributed by atoms with van der Waals surface area (Å²) in [5.41, 5.74) is 0.641. The molecule has 0 amide bonds. The lowest BCUT2D eigenvalue weighted by Crippen LogP contribution is -2.03. The molecule has 18 heavy (non-hydrogen) atoms. The first-order valence-corrected chi connectivity index (χ1v) is 6.45. The van der Waals surface area contributed by atoms with Crippen molar-refractivity contribution in [1.82, 2.24) is 30.0 Å². The van der Waals surface area contributed by atoms with E-state index in [0.29, 0.717) is 17.2 Å². The highest BCUT2D eigenvalue weighted by atomic mass is 31.2. The zero-order chi connectivity index (χ0) is 12.8. The summed E-state index contributed by atoms with van der Waals surface area (Å²) in [7, 11) is -4.38. The molecular formula is C8H7N6O3P. The van der Waals surface area contributed by atoms with Crippen LogP contribution in [0.25, 0.3) is 17.2 Å². The third-order valence-corrected chi connectivity index (χ3v) is 3.16. The molecule has 0 spiro atoms. The number of hydrogen-bond acceptors (Lipinski definition) is 5. The summed E-state index contributed by atoms with van der Waals surface area (Å²) in [6.07, 6.45) is 1.27. The van der Waals surface area contributed by atoms with Gasteiger partial charge in [-0.3, -0.25) is 8.97 Å². The summed E-state index contributed by atoms with van der Waals surface area (Å²) in [5, 5.41) is 13.4. The van der Waals surface area contributed by atoms with Crippen LogP contribution in [0.15, 0.2) is 24.4 Å². The number of nitrogens with one attached hydrogen (secondary N) is 1. The van der Waals surface area contributed by atoms with Gasteiger partial charge in [-0.25, -0.2) is 4.98 Å². The van der Waals surface area contributed by atoms with E-state index in [0.717, 1.165) is 0 Å². The third-order valence-electron chi connectivity index (χ3n) is 2.35. The van der Waals surface area contributed by atoms with Gasteiger partial charge in [0.1, 0.15) is 5.65 Å². The van der Waals surface area contributed by atoms with Gasteiger partial charge in [-0.15, -0.1) is 10.2 Å². The normalized spacial score (nSPS) is 12.1. The van der Waals surface area contributed by atoms with E-state index in [1.807, 2.05) is 0 Å². The van der Waals surface area contributed by atoms with Gasteiger partial charge in [0.2, 0.25) is 5.82 Å². The Labute approximate surface area is 99.7 Å². The molecule has 3 N–H and O–H groups in total. The van der Waals surface area contributed by atoms with Crippen LogP contribution >= 0.6 is 7.60 Å². The first-order valence-electron chi connectivity index (χ1n) is 4.84. The highest BCUT2D eigenvalue weighted by molar-refractivity contribution is 7.60. The minimum Gasteiger partial charge on any atom is -0.320 e. The Morgan fingerprint density at radius 2 is 2.17 bits per heavy atom. The predicted molar refractivity (Wildman–Crippen MR) is 60.0 cm³/mol. The standard InChI is InChI=1S/C8H7N6O3P/c15-18(16,17)7-4-14-5(8-10-12-13-11-8)2-1-3-6(14)9-7/h1-4H,(H2,15,16,17)(H,10,11,12,13). The second kappa shape index (κ2) is 3.70. The second-order valence-electron chi connectivity index (χ2n) is 3.52. The number of tetrazole rings is 1. The Kier molecular flexibility index (Phi) is 2.27. The van der Waals surface area contributed by atoms with Gasteiger partial charge in [-0.05, 0) is 17.3 Å². The number of hydrogen-bond donors (Lipinski definition) is 3. The van der Waals surface area contributed by atoms with Gasteiger partial charge in [0.15, 0.2) is 5.44 Å². The summed E-state index contributed by atoms with van der Waals surface area (Å²) < 4.78 is 12.7. The maximum absolute atomic E-state index is 11.2. The number of rotatable bonds is 2. The molecule has 3 aromatic rings. The number of nitrogens with zero attached hydrogens (tertiary/aromatic N) is 5. The van der Waals surface area contributed by atoms with E-state index in [-0.39, 0.29) is 5.44 Å². The highest BCUT2D eigenvalue weighted by Gasteiger charge is 2.22. The van der Waals surface area contributed by atoms with Gasteiger partial charge >= 0.3 is 7.60 Å². The fourth-order valence-electron chi connectivity index (χ4n) is 1.59. The molecule has 3 rings (SSSR count). The summed E-state index contributed by atoms with van der Waals surface area (Å²) >= 11 is 0. The molecule has 0 saturated carbocycles. The molecule has 0 aliphatic rings. The van der Waals surface area contributed by atoms with Crippen molar-refractivity contribution in [2.45, 2.75) is 0 Å². The molecular weight excluding hydrogens is 259 g/mol. The van der Waals surface area contributed by atoms with E-state index >= 15 is 0 Å². The van der Waals surface area contributed by atoms with Crippen molar-refractivity contribution in [3.63, 3.8) is 0 Å². The topological polar surface area (TPSA) is 129 Å². The van der Waals surface area contributed by atoms with Gasteiger partial charge in [0.25, 0.3) is 0 Å². The Hall–Kier alpha value is -2.09. The fourth-order valence-corrected chi connectivity index (χ4v) is 2.09. The van der Waals surface area contributed by atoms with Crippen LogP contribution in [0.4, 0.5) is 0 Å². The fraction of sp³-hybridized carbons (Fsp3) is 0. The minimum absolute atomic E-state index is 0.293. The van der Waals surface area contributed by atoms with Crippen molar-refractivity contribution < 1.29 is 14.4 Å². The average molecular weight is 266 g/mol. The van der Waals surface area contributed by atoms with Crippen molar-refractivity contribution in [3.05, 3.63) is 24.4 Å². The lowest BCUT2D eigenvalue weighted by Gasteiger charge is -1.98. The number of pyridine rings is 1. The number of H-pyrrole nitrogens is 1. The van der Waals surface area contributed by atoms with Crippen LogP contribution in [0.2, 0.25) is 0 Å². The van der Waals surface area contributed by atoms with Crippen molar-refractivity contribution in [1.29, 1.82) is 0 Å². The Balaban J connectivity index is 2.29. The molecule has 9 nitrogen and oxygen atoms in total. The van der Waals surface area contributed by atoms with Crippen LogP contribution in [0.5, 0.6) is 0 Å². The molecule has 3 heterocycles. The Morgan fingerprint density at radius 3 is 2.83 bits per heavy atom. The molecule has 0 aliphatic heterocycles. The van der Waals surface area contributed by atoms with Gasteiger partial charge in [-0.1, -0.05) is 6.07 Å². The summed E-state index contributed by atoms with van der Waals surface area (Å²) in [6, 6.07) is 5.02. The average Bonchev–Trinajstić information content (AvgIpc) is 2.96. The molecule has 0 saturated heterocycles. The smallest absolute Gasteiger partial charge is 0.320 e. The zero-order valence-corrected chi connectivity index (χ0v) is 9.69. The molecule has 0 aromatic carbocycles. The Morgan fingerprint density at radius 1 is 1.33 bits per heavy atom. The first kappa shape index (κ1) is 11.0. The number of fused-ring (bicyclic) bond motifs is 1. The van der Waals surface area contributed by atoms with Crippen LogP contribution in [0.3, 0.4) is 0 Å². The number of imidazole rings is 1. The second-order valence-corrected chi connectivity index (χ2v) is 5.06. The molecule has 0 unspecified atom stereocenters. The van der Waals surface area contributed by atoms with Gasteiger partial charge < -0.3 is 9.79 Å². The SMILES string of the molecule is O=P(O)(O)c1cn2c(-c3nn[nH]n3)cccc2n1. The summed E-state index contributed by atoms with van der Waals surface area (Å²) in [6.45, 7) is 0. The molecule has 0 bridgehead atoms. The van der Waals surface area contributed by atoms with Crippen LogP contribution in [-0.2, 0) is 4.57 Å². The highest BCUT2D eigenvalue weighted by Crippen LogP contribution is 2.32. The largest absolute Gasteiger partial charge is 0.376 e. The molecule has 0 aliphatic carbocycles. The van der Waals surface area contributed by atoms with Crippen molar-refractivity contribution in [2.75, 3.05) is 0 Å². The molecule has 0 fully saturated rings. The lowest BCUT2D eigenvalue weighted by molar-refractivity contribution is 0.386. The van der Waals surface area contributed by atoms with E-state index in [1.165, 1.54) is 10.6 Å². The summed E-state index contributed by atoms with van der Waals surface area (Å²) in [5.74, 6) is 0.315. The predicted octanol–water partition coefficient (Wildman–Crippen LogP) is -0.683. The molecule has 0 radical (unpaired) electrons. The summed E-state index contributed by atoms with van der Waals surface area (Å²) in [4.78, 5) is 22.1. The maximum atomic E-state index is 11.2. The van der Waals surface area contributed by atoms with Crippen LogP contribution in [-0.4, -0.2) is 39.8 Å². The zero-order valence-electron chi connectivity index (χ0n) is 8.80. The number of aromatic amines is 1. The maximum Gasteiger partial charge on any atom is 0.376 e.